The second-order valence-electron chi connectivity index (χ2n) is 5.30. The summed E-state index contributed by atoms with van der Waals surface area (Å²) in [7, 11) is 1.57. The van der Waals surface area contributed by atoms with E-state index >= 15 is 0 Å². The van der Waals surface area contributed by atoms with Crippen molar-refractivity contribution in [3.8, 4) is 11.5 Å². The molecule has 5 heteroatoms. The van der Waals surface area contributed by atoms with Crippen LogP contribution in [0.1, 0.15) is 5.56 Å². The number of methoxy groups -OCH3 is 1. The van der Waals surface area contributed by atoms with Gasteiger partial charge in [0.25, 0.3) is 5.91 Å². The standard InChI is InChI=1S/C19H19NO4/c1-22-17-8-4-5-9-18(17)24-13-19(21)20-11-10-14-12-23-16-7-3-2-6-15(14)16/h2-9,12H,10-11,13H2,1H3,(H,20,21). The Morgan fingerprint density at radius 1 is 1.08 bits per heavy atom. The van der Waals surface area contributed by atoms with Gasteiger partial charge < -0.3 is 19.2 Å². The third kappa shape index (κ3) is 3.68. The minimum absolute atomic E-state index is 0.0491. The summed E-state index contributed by atoms with van der Waals surface area (Å²) in [6, 6.07) is 15.1. The average molecular weight is 325 g/mol. The van der Waals surface area contributed by atoms with Gasteiger partial charge >= 0.3 is 0 Å². The van der Waals surface area contributed by atoms with Crippen molar-refractivity contribution < 1.29 is 18.7 Å². The highest BCUT2D eigenvalue weighted by Crippen LogP contribution is 2.25. The fraction of sp³-hybridized carbons (Fsp3) is 0.211. The number of carbonyl (C=O) groups excluding carboxylic acids is 1. The second-order valence-corrected chi connectivity index (χ2v) is 5.30. The van der Waals surface area contributed by atoms with E-state index in [1.165, 1.54) is 0 Å². The molecule has 0 atom stereocenters. The lowest BCUT2D eigenvalue weighted by molar-refractivity contribution is -0.123. The molecule has 0 fully saturated rings. The van der Waals surface area contributed by atoms with Crippen LogP contribution in [0.4, 0.5) is 0 Å². The van der Waals surface area contributed by atoms with Crippen LogP contribution >= 0.6 is 0 Å². The van der Waals surface area contributed by atoms with E-state index in [1.54, 1.807) is 25.5 Å². The molecule has 0 saturated heterocycles. The van der Waals surface area contributed by atoms with Gasteiger partial charge in [0.05, 0.1) is 13.4 Å². The second kappa shape index (κ2) is 7.55. The first-order chi connectivity index (χ1) is 11.8. The van der Waals surface area contributed by atoms with Crippen molar-refractivity contribution >= 4 is 16.9 Å². The van der Waals surface area contributed by atoms with Crippen molar-refractivity contribution in [1.29, 1.82) is 0 Å². The van der Waals surface area contributed by atoms with Gasteiger partial charge in [0.15, 0.2) is 18.1 Å². The quantitative estimate of drug-likeness (QED) is 0.725. The lowest BCUT2D eigenvalue weighted by Crippen LogP contribution is -2.30. The zero-order valence-electron chi connectivity index (χ0n) is 13.5. The number of para-hydroxylation sites is 3. The number of hydrogen-bond donors (Lipinski definition) is 1. The third-order valence-corrected chi connectivity index (χ3v) is 3.71. The smallest absolute Gasteiger partial charge is 0.257 e. The molecule has 1 N–H and O–H groups in total. The SMILES string of the molecule is COc1ccccc1OCC(=O)NCCc1coc2ccccc12. The van der Waals surface area contributed by atoms with E-state index in [1.807, 2.05) is 36.4 Å². The first-order valence-corrected chi connectivity index (χ1v) is 7.75. The maximum Gasteiger partial charge on any atom is 0.257 e. The lowest BCUT2D eigenvalue weighted by Gasteiger charge is -2.10. The summed E-state index contributed by atoms with van der Waals surface area (Å²) in [5.41, 5.74) is 1.94. The number of amides is 1. The van der Waals surface area contributed by atoms with E-state index in [4.69, 9.17) is 13.9 Å². The summed E-state index contributed by atoms with van der Waals surface area (Å²) >= 11 is 0. The first-order valence-electron chi connectivity index (χ1n) is 7.75. The zero-order chi connectivity index (χ0) is 16.8. The number of carbonyl (C=O) groups is 1. The molecule has 2 aromatic carbocycles. The molecule has 5 nitrogen and oxygen atoms in total. The summed E-state index contributed by atoms with van der Waals surface area (Å²) < 4.78 is 16.2. The Balaban J connectivity index is 1.47. The van der Waals surface area contributed by atoms with Crippen molar-refractivity contribution in [2.45, 2.75) is 6.42 Å². The fourth-order valence-corrected chi connectivity index (χ4v) is 2.50. The van der Waals surface area contributed by atoms with E-state index < -0.39 is 0 Å². The van der Waals surface area contributed by atoms with Crippen LogP contribution in [-0.4, -0.2) is 26.2 Å². The van der Waals surface area contributed by atoms with Crippen molar-refractivity contribution in [2.75, 3.05) is 20.3 Å². The molecular weight excluding hydrogens is 306 g/mol. The van der Waals surface area contributed by atoms with Crippen LogP contribution in [0.5, 0.6) is 11.5 Å². The maximum atomic E-state index is 11.9. The summed E-state index contributed by atoms with van der Waals surface area (Å²) in [6.07, 6.45) is 2.44. The first kappa shape index (κ1) is 15.9. The summed E-state index contributed by atoms with van der Waals surface area (Å²) in [5.74, 6) is 0.986. The van der Waals surface area contributed by atoms with Crippen LogP contribution in [0, 0.1) is 0 Å². The molecular formula is C19H19NO4. The lowest BCUT2D eigenvalue weighted by atomic mass is 10.1. The van der Waals surface area contributed by atoms with Crippen LogP contribution < -0.4 is 14.8 Å². The van der Waals surface area contributed by atoms with Crippen LogP contribution in [0.3, 0.4) is 0 Å². The molecule has 3 rings (SSSR count). The molecule has 0 spiro atoms. The molecule has 0 radical (unpaired) electrons. The van der Waals surface area contributed by atoms with Gasteiger partial charge in [-0.25, -0.2) is 0 Å². The Hall–Kier alpha value is -2.95. The minimum Gasteiger partial charge on any atom is -0.493 e. The maximum absolute atomic E-state index is 11.9. The molecule has 1 aromatic heterocycles. The Bertz CT molecular complexity index is 825. The number of rotatable bonds is 7. The van der Waals surface area contributed by atoms with Gasteiger partial charge in [0, 0.05) is 11.9 Å². The number of nitrogens with one attached hydrogen (secondary N) is 1. The van der Waals surface area contributed by atoms with Crippen molar-refractivity contribution in [3.63, 3.8) is 0 Å². The molecule has 0 unspecified atom stereocenters. The normalized spacial score (nSPS) is 10.5. The zero-order valence-corrected chi connectivity index (χ0v) is 13.5. The summed E-state index contributed by atoms with van der Waals surface area (Å²) in [4.78, 5) is 11.9. The number of furan rings is 1. The average Bonchev–Trinajstić information content (AvgIpc) is 3.03. The van der Waals surface area contributed by atoms with E-state index in [-0.39, 0.29) is 12.5 Å². The van der Waals surface area contributed by atoms with Crippen molar-refractivity contribution in [2.24, 2.45) is 0 Å². The van der Waals surface area contributed by atoms with Crippen molar-refractivity contribution in [3.05, 3.63) is 60.4 Å². The topological polar surface area (TPSA) is 60.7 Å². The van der Waals surface area contributed by atoms with Gasteiger partial charge in [0.2, 0.25) is 0 Å². The van der Waals surface area contributed by atoms with Crippen molar-refractivity contribution in [1.82, 2.24) is 5.32 Å². The van der Waals surface area contributed by atoms with Gasteiger partial charge in [-0.1, -0.05) is 30.3 Å². The summed E-state index contributed by atoms with van der Waals surface area (Å²) in [6.45, 7) is 0.476. The van der Waals surface area contributed by atoms with Gasteiger partial charge in [-0.3, -0.25) is 4.79 Å². The van der Waals surface area contributed by atoms with Gasteiger partial charge in [-0.2, -0.15) is 0 Å². The number of fused-ring (bicyclic) bond motifs is 1. The Labute approximate surface area is 140 Å². The van der Waals surface area contributed by atoms with E-state index in [0.29, 0.717) is 24.5 Å². The number of benzene rings is 2. The molecule has 24 heavy (non-hydrogen) atoms. The van der Waals surface area contributed by atoms with E-state index in [0.717, 1.165) is 16.5 Å². The molecule has 3 aromatic rings. The predicted octanol–water partition coefficient (Wildman–Crippen LogP) is 3.18. The predicted molar refractivity (Wildman–Crippen MR) is 91.4 cm³/mol. The molecule has 0 bridgehead atoms. The summed E-state index contributed by atoms with van der Waals surface area (Å²) in [5, 5.41) is 3.93. The fourth-order valence-electron chi connectivity index (χ4n) is 2.50. The molecule has 0 aliphatic heterocycles. The van der Waals surface area contributed by atoms with E-state index in [9.17, 15) is 4.79 Å². The molecule has 0 aliphatic carbocycles. The molecule has 0 saturated carbocycles. The molecule has 1 amide bonds. The highest BCUT2D eigenvalue weighted by molar-refractivity contribution is 5.81. The largest absolute Gasteiger partial charge is 0.493 e. The highest BCUT2D eigenvalue weighted by atomic mass is 16.5. The third-order valence-electron chi connectivity index (χ3n) is 3.71. The van der Waals surface area contributed by atoms with Crippen LogP contribution in [0.25, 0.3) is 11.0 Å². The van der Waals surface area contributed by atoms with Crippen LogP contribution in [-0.2, 0) is 11.2 Å². The Morgan fingerprint density at radius 3 is 2.67 bits per heavy atom. The minimum atomic E-state index is -0.172. The van der Waals surface area contributed by atoms with Crippen LogP contribution in [0.15, 0.2) is 59.2 Å². The Kier molecular flexibility index (Phi) is 5.01. The number of hydrogen-bond acceptors (Lipinski definition) is 4. The monoisotopic (exact) mass is 325 g/mol. The number of ether oxygens (including phenoxy) is 2. The van der Waals surface area contributed by atoms with Gasteiger partial charge in [0.1, 0.15) is 5.58 Å². The Morgan fingerprint density at radius 2 is 1.83 bits per heavy atom. The highest BCUT2D eigenvalue weighted by Gasteiger charge is 2.08. The molecule has 124 valence electrons. The molecule has 0 aliphatic rings. The van der Waals surface area contributed by atoms with Crippen LogP contribution in [0.2, 0.25) is 0 Å². The van der Waals surface area contributed by atoms with Gasteiger partial charge in [-0.05, 0) is 30.2 Å². The molecule has 1 heterocycles. The van der Waals surface area contributed by atoms with E-state index in [2.05, 4.69) is 5.32 Å². The van der Waals surface area contributed by atoms with Gasteiger partial charge in [-0.15, -0.1) is 0 Å².